The Balaban J connectivity index is 2.02. The van der Waals surface area contributed by atoms with Crippen molar-refractivity contribution in [2.75, 3.05) is 5.32 Å². The highest BCUT2D eigenvalue weighted by molar-refractivity contribution is 5.94. The molecule has 7 heteroatoms. The summed E-state index contributed by atoms with van der Waals surface area (Å²) in [7, 11) is 0. The van der Waals surface area contributed by atoms with Crippen LogP contribution in [0.5, 0.6) is 0 Å². The number of anilines is 1. The zero-order valence-electron chi connectivity index (χ0n) is 12.7. The number of ether oxygens (including phenoxy) is 1. The summed E-state index contributed by atoms with van der Waals surface area (Å²) in [5, 5.41) is 10.2. The number of carbonyl (C=O) groups is 2. The van der Waals surface area contributed by atoms with Crippen LogP contribution in [0, 0.1) is 6.92 Å². The molecule has 1 aromatic heterocycles. The molecule has 0 atom stereocenters. The summed E-state index contributed by atoms with van der Waals surface area (Å²) in [6.07, 6.45) is 1.39. The van der Waals surface area contributed by atoms with E-state index < -0.39 is 5.97 Å². The maximum Gasteiger partial charge on any atom is 0.338 e. The Hall–Kier alpha value is -2.70. The molecule has 0 saturated heterocycles. The lowest BCUT2D eigenvalue weighted by molar-refractivity contribution is -0.117. The van der Waals surface area contributed by atoms with Crippen LogP contribution in [0.3, 0.4) is 0 Å². The van der Waals surface area contributed by atoms with E-state index in [-0.39, 0.29) is 18.6 Å². The molecule has 7 nitrogen and oxygen atoms in total. The number of nitrogens with one attached hydrogen (secondary N) is 1. The number of benzene rings is 1. The van der Waals surface area contributed by atoms with E-state index in [2.05, 4.69) is 15.6 Å². The van der Waals surface area contributed by atoms with Crippen LogP contribution in [0.2, 0.25) is 0 Å². The van der Waals surface area contributed by atoms with Gasteiger partial charge in [-0.05, 0) is 39.0 Å². The topological polar surface area (TPSA) is 86.1 Å². The third-order valence-corrected chi connectivity index (χ3v) is 2.83. The quantitative estimate of drug-likeness (QED) is 0.851. The summed E-state index contributed by atoms with van der Waals surface area (Å²) < 4.78 is 6.62. The minimum absolute atomic E-state index is 0.0620. The van der Waals surface area contributed by atoms with Crippen LogP contribution in [-0.2, 0) is 16.1 Å². The Bertz CT molecular complexity index is 679. The summed E-state index contributed by atoms with van der Waals surface area (Å²) in [4.78, 5) is 23.8. The standard InChI is InChI=1S/C15H18N4O3/c1-10(2)22-15(21)12-5-4-6-13(7-12)17-14(20)9-19-11(3)8-16-18-19/h4-8,10H,9H2,1-3H3,(H,17,20). The van der Waals surface area contributed by atoms with Crippen LogP contribution in [-0.4, -0.2) is 33.0 Å². The number of nitrogens with zero attached hydrogens (tertiary/aromatic N) is 3. The van der Waals surface area contributed by atoms with Gasteiger partial charge >= 0.3 is 5.97 Å². The molecular formula is C15H18N4O3. The van der Waals surface area contributed by atoms with Gasteiger partial charge in [-0.3, -0.25) is 4.79 Å². The molecule has 0 bridgehead atoms. The van der Waals surface area contributed by atoms with Crippen LogP contribution in [0.4, 0.5) is 5.69 Å². The van der Waals surface area contributed by atoms with E-state index in [1.807, 2.05) is 6.92 Å². The number of esters is 1. The second kappa shape index (κ2) is 6.84. The Morgan fingerprint density at radius 2 is 2.14 bits per heavy atom. The number of rotatable bonds is 5. The van der Waals surface area contributed by atoms with Gasteiger partial charge in [0.05, 0.1) is 23.6 Å². The van der Waals surface area contributed by atoms with Gasteiger partial charge in [0.25, 0.3) is 0 Å². The summed E-state index contributed by atoms with van der Waals surface area (Å²) in [6, 6.07) is 6.62. The monoisotopic (exact) mass is 302 g/mol. The Morgan fingerprint density at radius 3 is 2.77 bits per heavy atom. The van der Waals surface area contributed by atoms with Gasteiger partial charge in [-0.2, -0.15) is 0 Å². The van der Waals surface area contributed by atoms with Gasteiger partial charge in [-0.15, -0.1) is 5.10 Å². The Labute approximate surface area is 128 Å². The lowest BCUT2D eigenvalue weighted by atomic mass is 10.2. The van der Waals surface area contributed by atoms with Crippen molar-refractivity contribution in [1.82, 2.24) is 15.0 Å². The number of aryl methyl sites for hydroxylation is 1. The predicted octanol–water partition coefficient (Wildman–Crippen LogP) is 1.79. The van der Waals surface area contributed by atoms with E-state index in [0.29, 0.717) is 11.3 Å². The molecule has 0 aliphatic carbocycles. The van der Waals surface area contributed by atoms with Gasteiger partial charge < -0.3 is 10.1 Å². The molecule has 1 amide bonds. The maximum absolute atomic E-state index is 12.0. The van der Waals surface area contributed by atoms with Crippen LogP contribution in [0.25, 0.3) is 0 Å². The molecule has 2 aromatic rings. The van der Waals surface area contributed by atoms with Crippen LogP contribution >= 0.6 is 0 Å². The zero-order valence-corrected chi connectivity index (χ0v) is 12.7. The van der Waals surface area contributed by atoms with Crippen molar-refractivity contribution in [3.63, 3.8) is 0 Å². The first-order chi connectivity index (χ1) is 10.5. The number of hydrogen-bond acceptors (Lipinski definition) is 5. The molecule has 0 aliphatic heterocycles. The maximum atomic E-state index is 12.0. The van der Waals surface area contributed by atoms with Crippen molar-refractivity contribution in [2.45, 2.75) is 33.4 Å². The lowest BCUT2D eigenvalue weighted by Crippen LogP contribution is -2.20. The highest BCUT2D eigenvalue weighted by atomic mass is 16.5. The fraction of sp³-hybridized carbons (Fsp3) is 0.333. The molecule has 0 spiro atoms. The summed E-state index contributed by atoms with van der Waals surface area (Å²) >= 11 is 0. The average molecular weight is 302 g/mol. The summed E-state index contributed by atoms with van der Waals surface area (Å²) in [5.41, 5.74) is 1.72. The SMILES string of the molecule is Cc1cnnn1CC(=O)Nc1cccc(C(=O)OC(C)C)c1. The van der Waals surface area contributed by atoms with E-state index in [9.17, 15) is 9.59 Å². The third kappa shape index (κ3) is 4.15. The van der Waals surface area contributed by atoms with Crippen molar-refractivity contribution < 1.29 is 14.3 Å². The normalized spacial score (nSPS) is 10.5. The van der Waals surface area contributed by atoms with Crippen molar-refractivity contribution in [3.8, 4) is 0 Å². The molecule has 116 valence electrons. The second-order valence-corrected chi connectivity index (χ2v) is 5.12. The summed E-state index contributed by atoms with van der Waals surface area (Å²) in [6.45, 7) is 5.44. The number of aromatic nitrogens is 3. The molecule has 22 heavy (non-hydrogen) atoms. The highest BCUT2D eigenvalue weighted by Crippen LogP contribution is 2.12. The molecule has 1 aromatic carbocycles. The largest absolute Gasteiger partial charge is 0.459 e. The van der Waals surface area contributed by atoms with Crippen molar-refractivity contribution >= 4 is 17.6 Å². The molecule has 0 saturated carbocycles. The number of hydrogen-bond donors (Lipinski definition) is 1. The second-order valence-electron chi connectivity index (χ2n) is 5.12. The lowest BCUT2D eigenvalue weighted by Gasteiger charge is -2.10. The number of carbonyl (C=O) groups excluding carboxylic acids is 2. The fourth-order valence-corrected chi connectivity index (χ4v) is 1.81. The first-order valence-electron chi connectivity index (χ1n) is 6.91. The van der Waals surface area contributed by atoms with E-state index >= 15 is 0 Å². The summed E-state index contributed by atoms with van der Waals surface area (Å²) in [5.74, 6) is -0.666. The van der Waals surface area contributed by atoms with Crippen molar-refractivity contribution in [1.29, 1.82) is 0 Å². The van der Waals surface area contributed by atoms with Gasteiger partial charge in [0, 0.05) is 5.69 Å². The van der Waals surface area contributed by atoms with Crippen molar-refractivity contribution in [2.24, 2.45) is 0 Å². The molecule has 0 unspecified atom stereocenters. The van der Waals surface area contributed by atoms with Gasteiger partial charge in [-0.25, -0.2) is 9.48 Å². The first kappa shape index (κ1) is 15.7. The fourth-order valence-electron chi connectivity index (χ4n) is 1.81. The zero-order chi connectivity index (χ0) is 16.1. The van der Waals surface area contributed by atoms with E-state index in [1.165, 1.54) is 4.68 Å². The van der Waals surface area contributed by atoms with E-state index in [4.69, 9.17) is 4.74 Å². The highest BCUT2D eigenvalue weighted by Gasteiger charge is 2.11. The molecular weight excluding hydrogens is 284 g/mol. The van der Waals surface area contributed by atoms with Gasteiger partial charge in [0.1, 0.15) is 6.54 Å². The first-order valence-corrected chi connectivity index (χ1v) is 6.91. The van der Waals surface area contributed by atoms with Gasteiger partial charge in [0.15, 0.2) is 0 Å². The predicted molar refractivity (Wildman–Crippen MR) is 80.4 cm³/mol. The molecule has 1 heterocycles. The van der Waals surface area contributed by atoms with Crippen LogP contribution < -0.4 is 5.32 Å². The van der Waals surface area contributed by atoms with E-state index in [1.54, 1.807) is 44.3 Å². The molecule has 1 N–H and O–H groups in total. The Morgan fingerprint density at radius 1 is 1.36 bits per heavy atom. The Kier molecular flexibility index (Phi) is 4.88. The molecule has 2 rings (SSSR count). The third-order valence-electron chi connectivity index (χ3n) is 2.83. The van der Waals surface area contributed by atoms with Gasteiger partial charge in [-0.1, -0.05) is 11.3 Å². The van der Waals surface area contributed by atoms with E-state index in [0.717, 1.165) is 5.69 Å². The average Bonchev–Trinajstić information content (AvgIpc) is 2.83. The molecule has 0 fully saturated rings. The minimum Gasteiger partial charge on any atom is -0.459 e. The van der Waals surface area contributed by atoms with Crippen LogP contribution in [0.15, 0.2) is 30.5 Å². The van der Waals surface area contributed by atoms with Gasteiger partial charge in [0.2, 0.25) is 5.91 Å². The van der Waals surface area contributed by atoms with Crippen LogP contribution in [0.1, 0.15) is 29.9 Å². The molecule has 0 radical (unpaired) electrons. The van der Waals surface area contributed by atoms with Crippen molar-refractivity contribution in [3.05, 3.63) is 41.7 Å². The smallest absolute Gasteiger partial charge is 0.338 e. The number of amides is 1. The minimum atomic E-state index is -0.418. The molecule has 0 aliphatic rings.